The maximum absolute atomic E-state index is 12.9. The van der Waals surface area contributed by atoms with E-state index in [-0.39, 0.29) is 34.6 Å². The first-order chi connectivity index (χ1) is 11.5. The van der Waals surface area contributed by atoms with E-state index in [1.54, 1.807) is 22.1 Å². The van der Waals surface area contributed by atoms with Gasteiger partial charge in [-0.1, -0.05) is 0 Å². The molecular weight excluding hydrogens is 308 g/mol. The normalized spacial score (nSPS) is 10.8. The average Bonchev–Trinajstić information content (AvgIpc) is 2.97. The topological polar surface area (TPSA) is 78.1 Å². The quantitative estimate of drug-likeness (QED) is 0.877. The Hall–Kier alpha value is -2.57. The molecule has 2 aromatic heterocycles. The number of rotatable bonds is 6. The molecule has 24 heavy (non-hydrogen) atoms. The lowest BCUT2D eigenvalue weighted by Crippen LogP contribution is -2.35. The summed E-state index contributed by atoms with van der Waals surface area (Å²) < 4.78 is 1.49. The van der Waals surface area contributed by atoms with E-state index < -0.39 is 0 Å². The molecule has 0 saturated carbocycles. The third-order valence-corrected chi connectivity index (χ3v) is 4.14. The summed E-state index contributed by atoms with van der Waals surface area (Å²) in [5.41, 5.74) is 0.488. The highest BCUT2D eigenvalue weighted by Crippen LogP contribution is 2.23. The summed E-state index contributed by atoms with van der Waals surface area (Å²) in [7, 11) is 0. The van der Waals surface area contributed by atoms with E-state index in [4.69, 9.17) is 0 Å². The van der Waals surface area contributed by atoms with Crippen LogP contribution in [0.4, 0.5) is 0 Å². The minimum absolute atomic E-state index is 0.0651. The van der Waals surface area contributed by atoms with Crippen LogP contribution in [0.1, 0.15) is 48.7 Å². The van der Waals surface area contributed by atoms with Gasteiger partial charge in [0.15, 0.2) is 17.1 Å². The maximum atomic E-state index is 12.9. The largest absolute Gasteiger partial charge is 0.504 e. The minimum Gasteiger partial charge on any atom is -0.504 e. The third kappa shape index (κ3) is 2.93. The van der Waals surface area contributed by atoms with Gasteiger partial charge in [0.05, 0.1) is 0 Å². The lowest BCUT2D eigenvalue weighted by Gasteiger charge is -2.21. The Morgan fingerprint density at radius 2 is 1.58 bits per heavy atom. The van der Waals surface area contributed by atoms with Gasteiger partial charge in [-0.05, 0) is 39.8 Å². The number of fused-ring (bicyclic) bond motifs is 1. The van der Waals surface area contributed by atoms with E-state index in [9.17, 15) is 14.7 Å². The van der Waals surface area contributed by atoms with Crippen molar-refractivity contribution in [1.29, 1.82) is 0 Å². The van der Waals surface area contributed by atoms with E-state index >= 15 is 0 Å². The van der Waals surface area contributed by atoms with Crippen molar-refractivity contribution in [3.8, 4) is 5.75 Å². The lowest BCUT2D eigenvalue weighted by atomic mass is 10.2. The van der Waals surface area contributed by atoms with Gasteiger partial charge < -0.3 is 14.9 Å². The molecule has 2 rings (SSSR count). The molecule has 0 radical (unpaired) electrons. The van der Waals surface area contributed by atoms with Crippen molar-refractivity contribution < 1.29 is 14.7 Å². The molecular formula is C17H24N4O3. The van der Waals surface area contributed by atoms with E-state index in [1.807, 2.05) is 27.7 Å². The highest BCUT2D eigenvalue weighted by atomic mass is 16.3. The predicted octanol–water partition coefficient (Wildman–Crippen LogP) is 2.00. The summed E-state index contributed by atoms with van der Waals surface area (Å²) >= 11 is 0. The monoisotopic (exact) mass is 332 g/mol. The number of pyridine rings is 1. The molecule has 7 nitrogen and oxygen atoms in total. The van der Waals surface area contributed by atoms with E-state index in [2.05, 4.69) is 4.98 Å². The van der Waals surface area contributed by atoms with Gasteiger partial charge in [-0.25, -0.2) is 4.98 Å². The second-order valence-electron chi connectivity index (χ2n) is 5.35. The number of hydrogen-bond donors (Lipinski definition) is 1. The van der Waals surface area contributed by atoms with Crippen LogP contribution in [-0.4, -0.2) is 62.3 Å². The van der Waals surface area contributed by atoms with Gasteiger partial charge >= 0.3 is 0 Å². The zero-order valence-electron chi connectivity index (χ0n) is 14.6. The van der Waals surface area contributed by atoms with Gasteiger partial charge in [0.2, 0.25) is 0 Å². The van der Waals surface area contributed by atoms with Crippen LogP contribution in [0.2, 0.25) is 0 Å². The molecule has 0 aliphatic carbocycles. The lowest BCUT2D eigenvalue weighted by molar-refractivity contribution is 0.0726. The Bertz CT molecular complexity index is 746. The Labute approximate surface area is 141 Å². The van der Waals surface area contributed by atoms with E-state index in [0.717, 1.165) is 0 Å². The molecule has 0 aliphatic heterocycles. The molecule has 2 heterocycles. The molecule has 0 fully saturated rings. The van der Waals surface area contributed by atoms with Crippen LogP contribution in [0.3, 0.4) is 0 Å². The Morgan fingerprint density at radius 3 is 2.12 bits per heavy atom. The smallest absolute Gasteiger partial charge is 0.274 e. The highest BCUT2D eigenvalue weighted by Gasteiger charge is 2.29. The van der Waals surface area contributed by atoms with Gasteiger partial charge in [0, 0.05) is 32.4 Å². The number of carbonyl (C=O) groups is 2. The van der Waals surface area contributed by atoms with E-state index in [0.29, 0.717) is 26.2 Å². The fourth-order valence-corrected chi connectivity index (χ4v) is 2.73. The zero-order valence-corrected chi connectivity index (χ0v) is 14.6. The summed E-state index contributed by atoms with van der Waals surface area (Å²) in [6.45, 7) is 9.62. The number of amides is 2. The maximum Gasteiger partial charge on any atom is 0.274 e. The Morgan fingerprint density at radius 1 is 1.04 bits per heavy atom. The fraction of sp³-hybridized carbons (Fsp3) is 0.471. The number of aromatic nitrogens is 2. The van der Waals surface area contributed by atoms with Crippen LogP contribution >= 0.6 is 0 Å². The van der Waals surface area contributed by atoms with Gasteiger partial charge in [-0.15, -0.1) is 0 Å². The molecule has 0 bridgehead atoms. The summed E-state index contributed by atoms with van der Waals surface area (Å²) in [5.74, 6) is -0.642. The van der Waals surface area contributed by atoms with Gasteiger partial charge in [-0.2, -0.15) is 0 Å². The van der Waals surface area contributed by atoms with Gasteiger partial charge in [-0.3, -0.25) is 14.0 Å². The molecule has 0 aromatic carbocycles. The number of nitrogens with zero attached hydrogens (tertiary/aromatic N) is 4. The molecule has 2 amide bonds. The molecule has 0 atom stereocenters. The van der Waals surface area contributed by atoms with Crippen LogP contribution in [0.25, 0.3) is 5.65 Å². The second kappa shape index (κ2) is 7.33. The predicted molar refractivity (Wildman–Crippen MR) is 91.4 cm³/mol. The van der Waals surface area contributed by atoms with Crippen molar-refractivity contribution in [2.24, 2.45) is 0 Å². The Balaban J connectivity index is 2.70. The number of imidazole rings is 1. The summed E-state index contributed by atoms with van der Waals surface area (Å²) in [4.78, 5) is 33.3. The first kappa shape index (κ1) is 17.8. The van der Waals surface area contributed by atoms with E-state index in [1.165, 1.54) is 10.5 Å². The van der Waals surface area contributed by atoms with Crippen molar-refractivity contribution in [2.45, 2.75) is 27.7 Å². The molecule has 0 unspecified atom stereocenters. The molecule has 2 aromatic rings. The Kier molecular flexibility index (Phi) is 5.43. The van der Waals surface area contributed by atoms with Crippen LogP contribution in [0, 0.1) is 0 Å². The third-order valence-electron chi connectivity index (χ3n) is 4.14. The molecule has 0 aliphatic rings. The number of carbonyl (C=O) groups excluding carboxylic acids is 2. The van der Waals surface area contributed by atoms with Crippen molar-refractivity contribution in [3.63, 3.8) is 0 Å². The molecule has 130 valence electrons. The average molecular weight is 332 g/mol. The van der Waals surface area contributed by atoms with Crippen LogP contribution in [0.5, 0.6) is 5.75 Å². The molecule has 0 saturated heterocycles. The molecule has 1 N–H and O–H groups in total. The van der Waals surface area contributed by atoms with Gasteiger partial charge in [0.1, 0.15) is 5.69 Å². The zero-order chi connectivity index (χ0) is 17.9. The van der Waals surface area contributed by atoms with Crippen LogP contribution < -0.4 is 0 Å². The first-order valence-electron chi connectivity index (χ1n) is 8.28. The highest BCUT2D eigenvalue weighted by molar-refractivity contribution is 6.06. The van der Waals surface area contributed by atoms with Crippen molar-refractivity contribution in [1.82, 2.24) is 19.2 Å². The fourth-order valence-electron chi connectivity index (χ4n) is 2.73. The van der Waals surface area contributed by atoms with Crippen molar-refractivity contribution in [2.75, 3.05) is 26.2 Å². The van der Waals surface area contributed by atoms with Crippen LogP contribution in [0.15, 0.2) is 18.3 Å². The minimum atomic E-state index is -0.307. The van der Waals surface area contributed by atoms with Crippen molar-refractivity contribution >= 4 is 17.5 Å². The number of hydrogen-bond acceptors (Lipinski definition) is 4. The van der Waals surface area contributed by atoms with Crippen molar-refractivity contribution in [3.05, 3.63) is 29.7 Å². The summed E-state index contributed by atoms with van der Waals surface area (Å²) in [5, 5.41) is 10.0. The molecule has 0 spiro atoms. The standard InChI is InChI=1S/C17H24N4O3/c1-5-19(6-2)16(23)13-14(17(24)20(7-3)8-4)21-11-9-10-12(22)15(21)18-13/h9-11,22H,5-8H2,1-4H3. The number of aromatic hydroxyl groups is 1. The first-order valence-corrected chi connectivity index (χ1v) is 8.28. The van der Waals surface area contributed by atoms with Gasteiger partial charge in [0.25, 0.3) is 11.8 Å². The second-order valence-corrected chi connectivity index (χ2v) is 5.35. The van der Waals surface area contributed by atoms with Crippen LogP contribution in [-0.2, 0) is 0 Å². The summed E-state index contributed by atoms with van der Waals surface area (Å²) in [6, 6.07) is 3.11. The molecule has 7 heteroatoms. The SMILES string of the molecule is CCN(CC)C(=O)c1nc2c(O)cccn2c1C(=O)N(CC)CC. The summed E-state index contributed by atoms with van der Waals surface area (Å²) in [6.07, 6.45) is 1.64.